The Hall–Kier alpha value is -1.36. The van der Waals surface area contributed by atoms with Crippen LogP contribution in [-0.4, -0.2) is 33.7 Å². The fourth-order valence-electron chi connectivity index (χ4n) is 2.23. The van der Waals surface area contributed by atoms with Gasteiger partial charge in [0.25, 0.3) is 0 Å². The van der Waals surface area contributed by atoms with Crippen molar-refractivity contribution >= 4 is 5.97 Å². The van der Waals surface area contributed by atoms with E-state index in [-0.39, 0.29) is 6.04 Å². The van der Waals surface area contributed by atoms with Crippen LogP contribution in [0.15, 0.2) is 4.52 Å². The third-order valence-electron chi connectivity index (χ3n) is 3.19. The molecule has 1 fully saturated rings. The highest BCUT2D eigenvalue weighted by Gasteiger charge is 2.31. The Bertz CT molecular complexity index is 380. The zero-order valence-electron chi connectivity index (χ0n) is 9.56. The minimum atomic E-state index is -0.732. The zero-order chi connectivity index (χ0) is 11.7. The van der Waals surface area contributed by atoms with Gasteiger partial charge < -0.3 is 9.63 Å². The third kappa shape index (κ3) is 1.95. The molecule has 1 atom stereocenters. The SMILES string of the molecule is Cc1noc(C)c1CN1CCCC1C(=O)O. The van der Waals surface area contributed by atoms with Gasteiger partial charge in [0.05, 0.1) is 5.69 Å². The average molecular weight is 224 g/mol. The zero-order valence-corrected chi connectivity index (χ0v) is 9.56. The number of carboxylic acid groups (broad SMARTS) is 1. The number of hydrogen-bond acceptors (Lipinski definition) is 4. The molecule has 0 spiro atoms. The van der Waals surface area contributed by atoms with Crippen molar-refractivity contribution in [2.45, 2.75) is 39.3 Å². The molecule has 1 unspecified atom stereocenters. The van der Waals surface area contributed by atoms with Gasteiger partial charge in [-0.05, 0) is 33.2 Å². The van der Waals surface area contributed by atoms with E-state index in [2.05, 4.69) is 5.16 Å². The normalized spacial score (nSPS) is 21.5. The summed E-state index contributed by atoms with van der Waals surface area (Å²) in [4.78, 5) is 13.0. The number of carbonyl (C=O) groups is 1. The number of aliphatic carboxylic acids is 1. The molecular formula is C11H16N2O3. The van der Waals surface area contributed by atoms with Crippen molar-refractivity contribution in [2.24, 2.45) is 0 Å². The van der Waals surface area contributed by atoms with E-state index in [0.717, 1.165) is 36.4 Å². The van der Waals surface area contributed by atoms with E-state index in [1.54, 1.807) is 0 Å². The summed E-state index contributed by atoms with van der Waals surface area (Å²) >= 11 is 0. The summed E-state index contributed by atoms with van der Waals surface area (Å²) in [6.07, 6.45) is 1.68. The maximum Gasteiger partial charge on any atom is 0.320 e. The van der Waals surface area contributed by atoms with Crippen LogP contribution in [-0.2, 0) is 11.3 Å². The number of hydrogen-bond donors (Lipinski definition) is 1. The summed E-state index contributed by atoms with van der Waals surface area (Å²) < 4.78 is 5.08. The number of carboxylic acids is 1. The summed E-state index contributed by atoms with van der Waals surface area (Å²) in [5, 5.41) is 12.9. The second-order valence-corrected chi connectivity index (χ2v) is 4.27. The Morgan fingerprint density at radius 3 is 2.94 bits per heavy atom. The van der Waals surface area contributed by atoms with Gasteiger partial charge in [-0.3, -0.25) is 9.69 Å². The molecule has 1 aliphatic rings. The topological polar surface area (TPSA) is 66.6 Å². The molecule has 1 aromatic rings. The third-order valence-corrected chi connectivity index (χ3v) is 3.19. The lowest BCUT2D eigenvalue weighted by Crippen LogP contribution is -2.35. The molecule has 1 N–H and O–H groups in total. The van der Waals surface area contributed by atoms with Crippen LogP contribution in [0, 0.1) is 13.8 Å². The fraction of sp³-hybridized carbons (Fsp3) is 0.636. The Labute approximate surface area is 94.0 Å². The van der Waals surface area contributed by atoms with Crippen molar-refractivity contribution in [1.82, 2.24) is 10.1 Å². The van der Waals surface area contributed by atoms with Gasteiger partial charge in [-0.2, -0.15) is 0 Å². The first-order chi connectivity index (χ1) is 7.59. The van der Waals surface area contributed by atoms with Crippen LogP contribution < -0.4 is 0 Å². The van der Waals surface area contributed by atoms with Crippen molar-refractivity contribution in [2.75, 3.05) is 6.54 Å². The number of likely N-dealkylation sites (tertiary alicyclic amines) is 1. The van der Waals surface area contributed by atoms with E-state index in [9.17, 15) is 4.79 Å². The Balaban J connectivity index is 2.12. The molecule has 5 nitrogen and oxygen atoms in total. The Morgan fingerprint density at radius 1 is 1.62 bits per heavy atom. The van der Waals surface area contributed by atoms with Crippen LogP contribution in [0.5, 0.6) is 0 Å². The molecule has 0 amide bonds. The van der Waals surface area contributed by atoms with Gasteiger partial charge in [0, 0.05) is 12.1 Å². The van der Waals surface area contributed by atoms with Gasteiger partial charge in [-0.1, -0.05) is 5.16 Å². The van der Waals surface area contributed by atoms with E-state index in [1.807, 2.05) is 18.7 Å². The largest absolute Gasteiger partial charge is 0.480 e. The van der Waals surface area contributed by atoms with Crippen molar-refractivity contribution in [1.29, 1.82) is 0 Å². The van der Waals surface area contributed by atoms with Gasteiger partial charge in [0.1, 0.15) is 11.8 Å². The molecule has 0 aromatic carbocycles. The minimum Gasteiger partial charge on any atom is -0.480 e. The van der Waals surface area contributed by atoms with E-state index < -0.39 is 5.97 Å². The first-order valence-electron chi connectivity index (χ1n) is 5.48. The first kappa shape index (κ1) is 11.1. The van der Waals surface area contributed by atoms with Crippen LogP contribution in [0.25, 0.3) is 0 Å². The summed E-state index contributed by atoms with van der Waals surface area (Å²) in [6.45, 7) is 5.21. The van der Waals surface area contributed by atoms with Crippen LogP contribution in [0.2, 0.25) is 0 Å². The highest BCUT2D eigenvalue weighted by Crippen LogP contribution is 2.23. The molecule has 0 radical (unpaired) electrons. The van der Waals surface area contributed by atoms with Gasteiger partial charge in [-0.25, -0.2) is 0 Å². The monoisotopic (exact) mass is 224 g/mol. The van der Waals surface area contributed by atoms with Crippen molar-refractivity contribution in [3.05, 3.63) is 17.0 Å². The Morgan fingerprint density at radius 2 is 2.38 bits per heavy atom. The predicted molar refractivity (Wildman–Crippen MR) is 57.0 cm³/mol. The molecule has 2 rings (SSSR count). The molecule has 0 aliphatic carbocycles. The van der Waals surface area contributed by atoms with Crippen molar-refractivity contribution in [3.63, 3.8) is 0 Å². The van der Waals surface area contributed by atoms with E-state index >= 15 is 0 Å². The smallest absolute Gasteiger partial charge is 0.320 e. The number of aromatic nitrogens is 1. The second-order valence-electron chi connectivity index (χ2n) is 4.27. The van der Waals surface area contributed by atoms with Gasteiger partial charge in [-0.15, -0.1) is 0 Å². The minimum absolute atomic E-state index is 0.353. The molecule has 0 saturated carbocycles. The lowest BCUT2D eigenvalue weighted by atomic mass is 10.1. The molecule has 0 bridgehead atoms. The van der Waals surface area contributed by atoms with E-state index in [0.29, 0.717) is 6.54 Å². The van der Waals surface area contributed by atoms with E-state index in [1.165, 1.54) is 0 Å². The van der Waals surface area contributed by atoms with Gasteiger partial charge in [0.15, 0.2) is 0 Å². The summed E-state index contributed by atoms with van der Waals surface area (Å²) in [5.41, 5.74) is 1.88. The highest BCUT2D eigenvalue weighted by atomic mass is 16.5. The molecule has 1 aromatic heterocycles. The molecule has 16 heavy (non-hydrogen) atoms. The molecule has 1 aliphatic heterocycles. The fourth-order valence-corrected chi connectivity index (χ4v) is 2.23. The van der Waals surface area contributed by atoms with Gasteiger partial charge in [0.2, 0.25) is 0 Å². The average Bonchev–Trinajstić information content (AvgIpc) is 2.80. The van der Waals surface area contributed by atoms with Crippen molar-refractivity contribution < 1.29 is 14.4 Å². The predicted octanol–water partition coefficient (Wildman–Crippen LogP) is 1.34. The first-order valence-corrected chi connectivity index (χ1v) is 5.48. The highest BCUT2D eigenvalue weighted by molar-refractivity contribution is 5.73. The second kappa shape index (κ2) is 4.25. The number of rotatable bonds is 3. The molecule has 1 saturated heterocycles. The van der Waals surface area contributed by atoms with Crippen LogP contribution in [0.4, 0.5) is 0 Å². The summed E-state index contributed by atoms with van der Waals surface area (Å²) in [7, 11) is 0. The maximum atomic E-state index is 11.0. The van der Waals surface area contributed by atoms with Crippen LogP contribution >= 0.6 is 0 Å². The standard InChI is InChI=1S/C11H16N2O3/c1-7-9(8(2)16-12-7)6-13-5-3-4-10(13)11(14)15/h10H,3-6H2,1-2H3,(H,14,15). The molecule has 2 heterocycles. The molecule has 88 valence electrons. The summed E-state index contributed by atoms with van der Waals surface area (Å²) in [6, 6.07) is -0.353. The number of aryl methyl sites for hydroxylation is 2. The van der Waals surface area contributed by atoms with Crippen LogP contribution in [0.3, 0.4) is 0 Å². The van der Waals surface area contributed by atoms with E-state index in [4.69, 9.17) is 9.63 Å². The quantitative estimate of drug-likeness (QED) is 0.839. The summed E-state index contributed by atoms with van der Waals surface area (Å²) in [5.74, 6) is 0.0535. The lowest BCUT2D eigenvalue weighted by Gasteiger charge is -2.20. The van der Waals surface area contributed by atoms with Gasteiger partial charge >= 0.3 is 5.97 Å². The molecule has 5 heteroatoms. The Kier molecular flexibility index (Phi) is 2.96. The lowest BCUT2D eigenvalue weighted by molar-refractivity contribution is -0.142. The number of nitrogens with zero attached hydrogens (tertiary/aromatic N) is 2. The maximum absolute atomic E-state index is 11.0. The molecular weight excluding hydrogens is 208 g/mol. The van der Waals surface area contributed by atoms with Crippen molar-refractivity contribution in [3.8, 4) is 0 Å². The van der Waals surface area contributed by atoms with Crippen LogP contribution in [0.1, 0.15) is 29.9 Å².